The van der Waals surface area contributed by atoms with Crippen molar-refractivity contribution in [2.75, 3.05) is 0 Å². The van der Waals surface area contributed by atoms with Crippen LogP contribution in [0.3, 0.4) is 0 Å². The molecule has 1 N–H and O–H groups in total. The normalized spacial score (nSPS) is 15.5. The molecule has 1 heterocycles. The molecule has 0 spiro atoms. The number of halogens is 1. The van der Waals surface area contributed by atoms with Gasteiger partial charge in [-0.05, 0) is 69.9 Å². The third kappa shape index (κ3) is 7.14. The quantitative estimate of drug-likeness (QED) is 0.308. The fourth-order valence-electron chi connectivity index (χ4n) is 5.72. The Morgan fingerprint density at radius 2 is 1.40 bits per heavy atom. The number of hydrogen-bond acceptors (Lipinski definition) is 3. The first-order valence-electron chi connectivity index (χ1n) is 14.5. The smallest absolute Gasteiger partial charge is 0.252 e. The molecule has 0 aromatic heterocycles. The highest BCUT2D eigenvalue weighted by Gasteiger charge is 2.38. The lowest BCUT2D eigenvalue weighted by Gasteiger charge is -2.38. The first-order chi connectivity index (χ1) is 20.1. The second-order valence-electron chi connectivity index (χ2n) is 11.4. The van der Waals surface area contributed by atoms with E-state index in [1.807, 2.05) is 93.3 Å². The second-order valence-corrected chi connectivity index (χ2v) is 11.4. The average Bonchev–Trinajstić information content (AvgIpc) is 2.97. The van der Waals surface area contributed by atoms with Gasteiger partial charge < -0.3 is 15.1 Å². The van der Waals surface area contributed by atoms with E-state index in [9.17, 15) is 18.8 Å². The van der Waals surface area contributed by atoms with Crippen LogP contribution in [0.5, 0.6) is 0 Å². The molecule has 4 rings (SSSR count). The van der Waals surface area contributed by atoms with Gasteiger partial charge in [0.15, 0.2) is 0 Å². The summed E-state index contributed by atoms with van der Waals surface area (Å²) in [6, 6.07) is 24.9. The molecular weight excluding hydrogens is 529 g/mol. The van der Waals surface area contributed by atoms with E-state index in [2.05, 4.69) is 5.32 Å². The van der Waals surface area contributed by atoms with Crippen LogP contribution in [0.2, 0.25) is 0 Å². The van der Waals surface area contributed by atoms with E-state index in [0.29, 0.717) is 11.3 Å². The third-order valence-corrected chi connectivity index (χ3v) is 7.77. The first kappa shape index (κ1) is 30.7. The Kier molecular flexibility index (Phi) is 9.94. The zero-order valence-corrected chi connectivity index (χ0v) is 25.0. The largest absolute Gasteiger partial charge is 0.345 e. The number of carbonyl (C=O) groups excluding carboxylic acids is 3. The van der Waals surface area contributed by atoms with Crippen LogP contribution in [0.4, 0.5) is 4.39 Å². The summed E-state index contributed by atoms with van der Waals surface area (Å²) in [7, 11) is 0. The predicted molar refractivity (Wildman–Crippen MR) is 162 cm³/mol. The molecule has 220 valence electrons. The maximum atomic E-state index is 13.9. The molecule has 1 unspecified atom stereocenters. The Morgan fingerprint density at radius 3 is 1.90 bits per heavy atom. The molecule has 6 nitrogen and oxygen atoms in total. The molecule has 7 heteroatoms. The Balaban J connectivity index is 1.64. The van der Waals surface area contributed by atoms with E-state index in [1.54, 1.807) is 24.0 Å². The Labute approximate surface area is 248 Å². The second kappa shape index (κ2) is 13.6. The Morgan fingerprint density at radius 1 is 0.881 bits per heavy atom. The molecule has 3 amide bonds. The van der Waals surface area contributed by atoms with Crippen molar-refractivity contribution in [2.45, 2.75) is 72.1 Å². The SMILES string of the molecule is CC1=C(C(=O)N(C(C)C)C(C)C)CC(CC(=O)NC(c2ccccc2)c2ccccc2)C(=O)N1Cc1ccc(F)cc1. The molecular formula is C35H40FN3O3. The number of benzene rings is 3. The van der Waals surface area contributed by atoms with E-state index in [1.165, 1.54) is 12.1 Å². The van der Waals surface area contributed by atoms with Crippen LogP contribution in [-0.2, 0) is 20.9 Å². The summed E-state index contributed by atoms with van der Waals surface area (Å²) in [5.74, 6) is -1.71. The van der Waals surface area contributed by atoms with Gasteiger partial charge in [-0.1, -0.05) is 72.8 Å². The Hall–Kier alpha value is -4.26. The van der Waals surface area contributed by atoms with Gasteiger partial charge in [0.2, 0.25) is 11.8 Å². The van der Waals surface area contributed by atoms with Crippen molar-refractivity contribution in [1.82, 2.24) is 15.1 Å². The minimum atomic E-state index is -0.721. The number of nitrogens with one attached hydrogen (secondary N) is 1. The topological polar surface area (TPSA) is 69.7 Å². The lowest BCUT2D eigenvalue weighted by atomic mass is 9.87. The minimum Gasteiger partial charge on any atom is -0.345 e. The van der Waals surface area contributed by atoms with E-state index in [-0.39, 0.29) is 61.1 Å². The molecule has 0 radical (unpaired) electrons. The van der Waals surface area contributed by atoms with Crippen molar-refractivity contribution < 1.29 is 18.8 Å². The van der Waals surface area contributed by atoms with E-state index in [4.69, 9.17) is 0 Å². The fraction of sp³-hybridized carbons (Fsp3) is 0.343. The van der Waals surface area contributed by atoms with E-state index in [0.717, 1.165) is 16.7 Å². The molecule has 0 aliphatic carbocycles. The van der Waals surface area contributed by atoms with Gasteiger partial charge in [-0.15, -0.1) is 0 Å². The monoisotopic (exact) mass is 569 g/mol. The average molecular weight is 570 g/mol. The highest BCUT2D eigenvalue weighted by molar-refractivity contribution is 5.99. The summed E-state index contributed by atoms with van der Waals surface area (Å²) in [5.41, 5.74) is 3.70. The van der Waals surface area contributed by atoms with Crippen molar-refractivity contribution in [2.24, 2.45) is 5.92 Å². The first-order valence-corrected chi connectivity index (χ1v) is 14.5. The number of allylic oxidation sites excluding steroid dienone is 1. The molecule has 0 bridgehead atoms. The van der Waals surface area contributed by atoms with Crippen LogP contribution in [-0.4, -0.2) is 39.6 Å². The summed E-state index contributed by atoms with van der Waals surface area (Å²) in [5, 5.41) is 3.14. The van der Waals surface area contributed by atoms with Crippen LogP contribution in [0.25, 0.3) is 0 Å². The Bertz CT molecular complexity index is 1370. The van der Waals surface area contributed by atoms with Crippen LogP contribution < -0.4 is 5.32 Å². The molecule has 0 fully saturated rings. The van der Waals surface area contributed by atoms with E-state index >= 15 is 0 Å². The van der Waals surface area contributed by atoms with Gasteiger partial charge in [-0.25, -0.2) is 4.39 Å². The van der Waals surface area contributed by atoms with Gasteiger partial charge in [0.05, 0.1) is 18.5 Å². The number of hydrogen-bond donors (Lipinski definition) is 1. The predicted octanol–water partition coefficient (Wildman–Crippen LogP) is 6.39. The maximum absolute atomic E-state index is 13.9. The van der Waals surface area contributed by atoms with Crippen LogP contribution in [0.1, 0.15) is 70.2 Å². The van der Waals surface area contributed by atoms with Gasteiger partial charge in [0.25, 0.3) is 5.91 Å². The standard InChI is InChI=1S/C35H40FN3O3/c1-23(2)39(24(3)4)35(42)31-20-29(34(41)38(25(31)5)22-26-16-18-30(36)19-17-26)21-32(40)37-33(27-12-8-6-9-13-27)28-14-10-7-11-15-28/h6-19,23-24,29,33H,20-22H2,1-5H3,(H,37,40). The van der Waals surface area contributed by atoms with Gasteiger partial charge in [0, 0.05) is 29.8 Å². The molecule has 42 heavy (non-hydrogen) atoms. The van der Waals surface area contributed by atoms with Crippen molar-refractivity contribution in [1.29, 1.82) is 0 Å². The molecule has 0 saturated heterocycles. The number of carbonyl (C=O) groups is 3. The van der Waals surface area contributed by atoms with Gasteiger partial charge in [0.1, 0.15) is 5.82 Å². The molecule has 3 aromatic rings. The van der Waals surface area contributed by atoms with Crippen molar-refractivity contribution in [3.63, 3.8) is 0 Å². The summed E-state index contributed by atoms with van der Waals surface area (Å²) < 4.78 is 13.6. The van der Waals surface area contributed by atoms with Crippen molar-refractivity contribution in [3.05, 3.63) is 119 Å². The van der Waals surface area contributed by atoms with Gasteiger partial charge in [-0.3, -0.25) is 14.4 Å². The molecule has 1 atom stereocenters. The molecule has 1 aliphatic heterocycles. The maximum Gasteiger partial charge on any atom is 0.252 e. The minimum absolute atomic E-state index is 0.0415. The fourth-order valence-corrected chi connectivity index (χ4v) is 5.72. The number of rotatable bonds is 10. The molecule has 0 saturated carbocycles. The zero-order valence-electron chi connectivity index (χ0n) is 25.0. The third-order valence-electron chi connectivity index (χ3n) is 7.77. The summed E-state index contributed by atoms with van der Waals surface area (Å²) in [6.07, 6.45) is 0.108. The zero-order chi connectivity index (χ0) is 30.4. The van der Waals surface area contributed by atoms with Gasteiger partial charge in [-0.2, -0.15) is 0 Å². The molecule has 3 aromatic carbocycles. The van der Waals surface area contributed by atoms with E-state index < -0.39 is 5.92 Å². The van der Waals surface area contributed by atoms with Crippen molar-refractivity contribution in [3.8, 4) is 0 Å². The summed E-state index contributed by atoms with van der Waals surface area (Å²) >= 11 is 0. The van der Waals surface area contributed by atoms with Crippen LogP contribution in [0.15, 0.2) is 96.2 Å². The number of nitrogens with zero attached hydrogens (tertiary/aromatic N) is 2. The van der Waals surface area contributed by atoms with Crippen LogP contribution in [0, 0.1) is 11.7 Å². The van der Waals surface area contributed by atoms with Crippen molar-refractivity contribution >= 4 is 17.7 Å². The van der Waals surface area contributed by atoms with Crippen LogP contribution >= 0.6 is 0 Å². The lowest BCUT2D eigenvalue weighted by Crippen LogP contribution is -2.47. The number of amides is 3. The molecule has 1 aliphatic rings. The summed E-state index contributed by atoms with van der Waals surface area (Å²) in [4.78, 5) is 44.8. The highest BCUT2D eigenvalue weighted by atomic mass is 19.1. The summed E-state index contributed by atoms with van der Waals surface area (Å²) in [6.45, 7) is 9.84. The lowest BCUT2D eigenvalue weighted by molar-refractivity contribution is -0.139. The van der Waals surface area contributed by atoms with Gasteiger partial charge >= 0.3 is 0 Å². The highest BCUT2D eigenvalue weighted by Crippen LogP contribution is 2.33.